The van der Waals surface area contributed by atoms with Gasteiger partial charge in [-0.25, -0.2) is 0 Å². The predicted octanol–water partition coefficient (Wildman–Crippen LogP) is -2.44. The summed E-state index contributed by atoms with van der Waals surface area (Å²) >= 11 is 0. The van der Waals surface area contributed by atoms with Gasteiger partial charge in [0, 0.05) is 17.6 Å². The maximum absolute atomic E-state index is 7.62. The second-order valence-corrected chi connectivity index (χ2v) is 0.894. The fraction of sp³-hybridized carbons (Fsp3) is 1.00. The quantitative estimate of drug-likeness (QED) is 0.370. The summed E-state index contributed by atoms with van der Waals surface area (Å²) in [5.74, 6) is 0. The molecule has 0 heterocycles. The van der Waals surface area contributed by atoms with E-state index in [1.54, 1.807) is 0 Å². The van der Waals surface area contributed by atoms with E-state index < -0.39 is 0 Å². The molecular formula is C4H12GeO4. The van der Waals surface area contributed by atoms with E-state index >= 15 is 0 Å². The van der Waals surface area contributed by atoms with Gasteiger partial charge in [0.1, 0.15) is 0 Å². The predicted molar refractivity (Wildman–Crippen MR) is 34.1 cm³/mol. The van der Waals surface area contributed by atoms with Crippen LogP contribution in [0.3, 0.4) is 0 Å². The van der Waals surface area contributed by atoms with Crippen LogP contribution in [0, 0.1) is 0 Å². The van der Waals surface area contributed by atoms with Crippen molar-refractivity contribution >= 4 is 17.6 Å². The zero-order chi connectivity index (χ0) is 6.83. The average Bonchev–Trinajstić information content (AvgIpc) is 1.88. The summed E-state index contributed by atoms with van der Waals surface area (Å²) in [5.41, 5.74) is 0. The number of hydrogen-bond donors (Lipinski definition) is 4. The maximum Gasteiger partial charge on any atom is 0.0662 e. The first-order valence-corrected chi connectivity index (χ1v) is 2.26. The van der Waals surface area contributed by atoms with Crippen molar-refractivity contribution in [3.05, 3.63) is 0 Å². The zero-order valence-electron chi connectivity index (χ0n) is 5.12. The standard InChI is InChI=1S/2C2H6O2.Ge/c2*3-1-2-4;/h2*3-4H,1-2H2;. The first-order valence-electron chi connectivity index (χ1n) is 2.26. The number of aliphatic hydroxyl groups excluding tert-OH is 4. The van der Waals surface area contributed by atoms with E-state index in [1.165, 1.54) is 0 Å². The molecule has 4 nitrogen and oxygen atoms in total. The average molecular weight is 197 g/mol. The number of rotatable bonds is 2. The first kappa shape index (κ1) is 16.2. The Hall–Kier alpha value is 0.383. The van der Waals surface area contributed by atoms with Crippen LogP contribution in [-0.2, 0) is 0 Å². The number of hydrogen-bond acceptors (Lipinski definition) is 4. The van der Waals surface area contributed by atoms with Gasteiger partial charge in [-0.05, 0) is 0 Å². The first-order chi connectivity index (χ1) is 3.83. The Balaban J connectivity index is -0.0000000720. The van der Waals surface area contributed by atoms with Gasteiger partial charge in [0.05, 0.1) is 26.4 Å². The molecule has 0 aliphatic carbocycles. The number of aliphatic hydroxyl groups is 4. The third-order valence-electron chi connectivity index (χ3n) is 0.200. The largest absolute Gasteiger partial charge is 0.394 e. The van der Waals surface area contributed by atoms with Crippen LogP contribution in [-0.4, -0.2) is 64.5 Å². The van der Waals surface area contributed by atoms with E-state index in [9.17, 15) is 0 Å². The van der Waals surface area contributed by atoms with Crippen LogP contribution in [0.4, 0.5) is 0 Å². The second-order valence-electron chi connectivity index (χ2n) is 0.894. The smallest absolute Gasteiger partial charge is 0.0662 e. The van der Waals surface area contributed by atoms with E-state index in [0.717, 1.165) is 0 Å². The maximum atomic E-state index is 7.62. The van der Waals surface area contributed by atoms with Crippen molar-refractivity contribution in [1.82, 2.24) is 0 Å². The van der Waals surface area contributed by atoms with E-state index in [-0.39, 0.29) is 44.0 Å². The Morgan fingerprint density at radius 1 is 0.556 bits per heavy atom. The molecule has 0 spiro atoms. The minimum atomic E-state index is -0.125. The molecule has 0 unspecified atom stereocenters. The molecule has 5 heteroatoms. The second kappa shape index (κ2) is 23.8. The van der Waals surface area contributed by atoms with Crippen molar-refractivity contribution in [3.8, 4) is 0 Å². The minimum Gasteiger partial charge on any atom is -0.394 e. The summed E-state index contributed by atoms with van der Waals surface area (Å²) in [6.45, 7) is -0.500. The summed E-state index contributed by atoms with van der Waals surface area (Å²) in [6, 6.07) is 0. The molecule has 0 aromatic heterocycles. The van der Waals surface area contributed by atoms with E-state index in [4.69, 9.17) is 20.4 Å². The van der Waals surface area contributed by atoms with Gasteiger partial charge in [0.15, 0.2) is 0 Å². The summed E-state index contributed by atoms with van der Waals surface area (Å²) in [6.07, 6.45) is 0. The summed E-state index contributed by atoms with van der Waals surface area (Å²) in [5, 5.41) is 30.5. The van der Waals surface area contributed by atoms with E-state index in [0.29, 0.717) is 0 Å². The van der Waals surface area contributed by atoms with Gasteiger partial charge in [-0.3, -0.25) is 0 Å². The molecule has 4 radical (unpaired) electrons. The molecule has 0 atom stereocenters. The van der Waals surface area contributed by atoms with Crippen LogP contribution < -0.4 is 0 Å². The third-order valence-corrected chi connectivity index (χ3v) is 0.200. The molecule has 0 fully saturated rings. The SMILES string of the molecule is OCCO.OCCO.[Ge]. The van der Waals surface area contributed by atoms with Crippen LogP contribution in [0.25, 0.3) is 0 Å². The van der Waals surface area contributed by atoms with Crippen molar-refractivity contribution in [2.24, 2.45) is 0 Å². The van der Waals surface area contributed by atoms with Gasteiger partial charge in [0.2, 0.25) is 0 Å². The van der Waals surface area contributed by atoms with Gasteiger partial charge in [0.25, 0.3) is 0 Å². The molecule has 0 bridgehead atoms. The Morgan fingerprint density at radius 3 is 0.667 bits per heavy atom. The fourth-order valence-electron chi connectivity index (χ4n) is 0. The normalized spacial score (nSPS) is 6.67. The van der Waals surface area contributed by atoms with Crippen molar-refractivity contribution in [1.29, 1.82) is 0 Å². The van der Waals surface area contributed by atoms with Crippen LogP contribution >= 0.6 is 0 Å². The van der Waals surface area contributed by atoms with Gasteiger partial charge >= 0.3 is 0 Å². The third kappa shape index (κ3) is 60.1. The molecule has 9 heavy (non-hydrogen) atoms. The minimum absolute atomic E-state index is 0. The van der Waals surface area contributed by atoms with Gasteiger partial charge in [-0.1, -0.05) is 0 Å². The van der Waals surface area contributed by atoms with Crippen molar-refractivity contribution in [3.63, 3.8) is 0 Å². The Morgan fingerprint density at radius 2 is 0.667 bits per heavy atom. The monoisotopic (exact) mass is 198 g/mol. The Bertz CT molecular complexity index is 20.5. The van der Waals surface area contributed by atoms with Crippen LogP contribution in [0.2, 0.25) is 0 Å². The fourth-order valence-corrected chi connectivity index (χ4v) is 0. The van der Waals surface area contributed by atoms with Crippen LogP contribution in [0.15, 0.2) is 0 Å². The molecule has 0 aliphatic rings. The molecule has 4 N–H and O–H groups in total. The van der Waals surface area contributed by atoms with Crippen molar-refractivity contribution < 1.29 is 20.4 Å². The summed E-state index contributed by atoms with van der Waals surface area (Å²) in [4.78, 5) is 0. The molecule has 0 aromatic rings. The van der Waals surface area contributed by atoms with Gasteiger partial charge in [-0.2, -0.15) is 0 Å². The summed E-state index contributed by atoms with van der Waals surface area (Å²) in [7, 11) is 0. The molecule has 0 saturated heterocycles. The Labute approximate surface area is 65.1 Å². The van der Waals surface area contributed by atoms with Crippen LogP contribution in [0.5, 0.6) is 0 Å². The molecular weight excluding hydrogens is 185 g/mol. The molecule has 0 aliphatic heterocycles. The van der Waals surface area contributed by atoms with Crippen molar-refractivity contribution in [2.75, 3.05) is 26.4 Å². The van der Waals surface area contributed by atoms with E-state index in [2.05, 4.69) is 0 Å². The molecule has 0 rings (SSSR count). The molecule has 56 valence electrons. The van der Waals surface area contributed by atoms with Crippen molar-refractivity contribution in [2.45, 2.75) is 0 Å². The molecule has 0 aromatic carbocycles. The zero-order valence-corrected chi connectivity index (χ0v) is 7.22. The van der Waals surface area contributed by atoms with E-state index in [1.807, 2.05) is 0 Å². The van der Waals surface area contributed by atoms with Gasteiger partial charge < -0.3 is 20.4 Å². The summed E-state index contributed by atoms with van der Waals surface area (Å²) < 4.78 is 0. The van der Waals surface area contributed by atoms with Crippen LogP contribution in [0.1, 0.15) is 0 Å². The topological polar surface area (TPSA) is 80.9 Å². The molecule has 0 saturated carbocycles. The molecule has 0 amide bonds. The Kier molecular flexibility index (Phi) is 42.8. The van der Waals surface area contributed by atoms with Gasteiger partial charge in [-0.15, -0.1) is 0 Å².